The molecule has 0 heterocycles. The molecule has 2 rings (SSSR count). The molecule has 2 unspecified atom stereocenters. The van der Waals surface area contributed by atoms with Crippen LogP contribution in [0.3, 0.4) is 0 Å². The third kappa shape index (κ3) is 2.73. The number of nitrogens with one attached hydrogen (secondary N) is 1. The number of nitro groups is 1. The minimum atomic E-state index is -0.632. The quantitative estimate of drug-likeness (QED) is 0.684. The lowest BCUT2D eigenvalue weighted by atomic mass is 10.1. The van der Waals surface area contributed by atoms with Gasteiger partial charge in [0.15, 0.2) is 0 Å². The van der Waals surface area contributed by atoms with Gasteiger partial charge >= 0.3 is 0 Å². The van der Waals surface area contributed by atoms with Gasteiger partial charge < -0.3 is 5.32 Å². The van der Waals surface area contributed by atoms with Gasteiger partial charge in [0.1, 0.15) is 5.02 Å². The molecule has 1 N–H and O–H groups in total. The van der Waals surface area contributed by atoms with Crippen molar-refractivity contribution in [1.29, 1.82) is 5.26 Å². The van der Waals surface area contributed by atoms with Gasteiger partial charge in [-0.1, -0.05) is 17.7 Å². The highest BCUT2D eigenvalue weighted by atomic mass is 35.5. The summed E-state index contributed by atoms with van der Waals surface area (Å²) in [5.74, 6) is -0.692. The number of carbonyl (C=O) groups is 1. The standard InChI is InChI=1S/C13H12ClN3O3/c14-12-9(4-2-6-11(12)17(19)20)13(18)16-10-5-1-3-8(10)7-15/h2,4,6,8,10H,1,3,5H2,(H,16,18). The van der Waals surface area contributed by atoms with Crippen LogP contribution in [0.25, 0.3) is 0 Å². The molecular weight excluding hydrogens is 282 g/mol. The van der Waals surface area contributed by atoms with Crippen LogP contribution in [0.2, 0.25) is 5.02 Å². The third-order valence-corrected chi connectivity index (χ3v) is 3.82. The van der Waals surface area contributed by atoms with Gasteiger partial charge in [-0.2, -0.15) is 5.26 Å². The molecule has 1 aliphatic carbocycles. The van der Waals surface area contributed by atoms with E-state index < -0.39 is 10.8 Å². The minimum Gasteiger partial charge on any atom is -0.348 e. The van der Waals surface area contributed by atoms with E-state index in [0.29, 0.717) is 0 Å². The Morgan fingerprint density at radius 2 is 2.25 bits per heavy atom. The second-order valence-electron chi connectivity index (χ2n) is 4.64. The van der Waals surface area contributed by atoms with Crippen molar-refractivity contribution in [2.45, 2.75) is 25.3 Å². The first-order valence-electron chi connectivity index (χ1n) is 6.18. The van der Waals surface area contributed by atoms with Crippen LogP contribution in [0.4, 0.5) is 5.69 Å². The Balaban J connectivity index is 2.20. The van der Waals surface area contributed by atoms with Gasteiger partial charge in [-0.3, -0.25) is 14.9 Å². The molecule has 1 fully saturated rings. The number of amides is 1. The Morgan fingerprint density at radius 1 is 1.50 bits per heavy atom. The molecule has 2 atom stereocenters. The highest BCUT2D eigenvalue weighted by molar-refractivity contribution is 6.35. The fourth-order valence-electron chi connectivity index (χ4n) is 2.37. The molecule has 7 heteroatoms. The number of hydrogen-bond donors (Lipinski definition) is 1. The van der Waals surface area contributed by atoms with Crippen molar-refractivity contribution in [1.82, 2.24) is 5.32 Å². The van der Waals surface area contributed by atoms with E-state index in [1.165, 1.54) is 18.2 Å². The maximum Gasteiger partial charge on any atom is 0.288 e. The molecule has 6 nitrogen and oxygen atoms in total. The second-order valence-corrected chi connectivity index (χ2v) is 5.02. The molecule has 1 aromatic rings. The average Bonchev–Trinajstić information content (AvgIpc) is 2.85. The summed E-state index contributed by atoms with van der Waals surface area (Å²) < 4.78 is 0. The van der Waals surface area contributed by atoms with E-state index in [0.717, 1.165) is 19.3 Å². The highest BCUT2D eigenvalue weighted by Gasteiger charge is 2.30. The molecular formula is C13H12ClN3O3. The van der Waals surface area contributed by atoms with Gasteiger partial charge in [-0.15, -0.1) is 0 Å². The van der Waals surface area contributed by atoms with Gasteiger partial charge in [0.05, 0.1) is 22.5 Å². The topological polar surface area (TPSA) is 96.0 Å². The van der Waals surface area contributed by atoms with Crippen molar-refractivity contribution in [2.75, 3.05) is 0 Å². The first-order valence-corrected chi connectivity index (χ1v) is 6.55. The predicted octanol–water partition coefficient (Wildman–Crippen LogP) is 2.67. The summed E-state index contributed by atoms with van der Waals surface area (Å²) >= 11 is 5.89. The third-order valence-electron chi connectivity index (χ3n) is 3.42. The molecule has 1 saturated carbocycles. The lowest BCUT2D eigenvalue weighted by molar-refractivity contribution is -0.384. The molecule has 0 radical (unpaired) electrons. The van der Waals surface area contributed by atoms with Gasteiger partial charge in [0, 0.05) is 12.1 Å². The zero-order chi connectivity index (χ0) is 14.7. The number of nitrogens with zero attached hydrogens (tertiary/aromatic N) is 2. The minimum absolute atomic E-state index is 0.0597. The Kier molecular flexibility index (Phi) is 4.20. The van der Waals surface area contributed by atoms with Crippen molar-refractivity contribution in [3.05, 3.63) is 38.9 Å². The average molecular weight is 294 g/mol. The number of carbonyl (C=O) groups excluding carboxylic acids is 1. The van der Waals surface area contributed by atoms with Crippen molar-refractivity contribution in [3.8, 4) is 6.07 Å². The summed E-state index contributed by atoms with van der Waals surface area (Å²) in [5, 5.41) is 22.3. The fraction of sp³-hybridized carbons (Fsp3) is 0.385. The Hall–Kier alpha value is -2.13. The zero-order valence-corrected chi connectivity index (χ0v) is 11.3. The van der Waals surface area contributed by atoms with Crippen LogP contribution < -0.4 is 5.32 Å². The normalized spacial score (nSPS) is 21.2. The largest absolute Gasteiger partial charge is 0.348 e. The molecule has 104 valence electrons. The predicted molar refractivity (Wildman–Crippen MR) is 72.3 cm³/mol. The number of nitriles is 1. The van der Waals surface area contributed by atoms with E-state index >= 15 is 0 Å². The molecule has 1 aliphatic rings. The first kappa shape index (κ1) is 14.3. The van der Waals surface area contributed by atoms with Crippen LogP contribution in [0.1, 0.15) is 29.6 Å². The van der Waals surface area contributed by atoms with Gasteiger partial charge in [0.25, 0.3) is 11.6 Å². The van der Waals surface area contributed by atoms with Crippen LogP contribution in [-0.4, -0.2) is 16.9 Å². The summed E-state index contributed by atoms with van der Waals surface area (Å²) in [6.45, 7) is 0. The summed E-state index contributed by atoms with van der Waals surface area (Å²) in [6, 6.07) is 6.03. The smallest absolute Gasteiger partial charge is 0.288 e. The maximum atomic E-state index is 12.1. The molecule has 0 aliphatic heterocycles. The van der Waals surface area contributed by atoms with E-state index in [1.54, 1.807) is 0 Å². The van der Waals surface area contributed by atoms with E-state index in [4.69, 9.17) is 16.9 Å². The number of benzene rings is 1. The Labute approximate surface area is 120 Å². The van der Waals surface area contributed by atoms with E-state index in [1.807, 2.05) is 0 Å². The Morgan fingerprint density at radius 3 is 2.90 bits per heavy atom. The summed E-state index contributed by atoms with van der Waals surface area (Å²) in [4.78, 5) is 22.3. The molecule has 20 heavy (non-hydrogen) atoms. The van der Waals surface area contributed by atoms with Crippen molar-refractivity contribution < 1.29 is 9.72 Å². The lowest BCUT2D eigenvalue weighted by Gasteiger charge is -2.16. The molecule has 0 spiro atoms. The maximum absolute atomic E-state index is 12.1. The first-order chi connectivity index (χ1) is 9.54. The number of halogens is 1. The molecule has 1 aromatic carbocycles. The van der Waals surface area contributed by atoms with Crippen molar-refractivity contribution in [3.63, 3.8) is 0 Å². The summed E-state index contributed by atoms with van der Waals surface area (Å²) in [5.41, 5.74) is -0.243. The van der Waals surface area contributed by atoms with E-state index in [2.05, 4.69) is 11.4 Å². The van der Waals surface area contributed by atoms with Crippen LogP contribution in [0, 0.1) is 27.4 Å². The van der Waals surface area contributed by atoms with Gasteiger partial charge in [-0.25, -0.2) is 0 Å². The highest BCUT2D eigenvalue weighted by Crippen LogP contribution is 2.29. The van der Waals surface area contributed by atoms with Crippen LogP contribution in [-0.2, 0) is 0 Å². The number of rotatable bonds is 3. The van der Waals surface area contributed by atoms with Crippen LogP contribution in [0.15, 0.2) is 18.2 Å². The fourth-order valence-corrected chi connectivity index (χ4v) is 2.65. The van der Waals surface area contributed by atoms with Crippen molar-refractivity contribution in [2.24, 2.45) is 5.92 Å². The number of nitro benzene ring substituents is 1. The van der Waals surface area contributed by atoms with Crippen molar-refractivity contribution >= 4 is 23.2 Å². The molecule has 1 amide bonds. The lowest BCUT2D eigenvalue weighted by Crippen LogP contribution is -2.37. The zero-order valence-electron chi connectivity index (χ0n) is 10.5. The summed E-state index contributed by atoms with van der Waals surface area (Å²) in [7, 11) is 0. The van der Waals surface area contributed by atoms with E-state index in [-0.39, 0.29) is 28.2 Å². The monoisotopic (exact) mass is 293 g/mol. The molecule has 0 bridgehead atoms. The van der Waals surface area contributed by atoms with Gasteiger partial charge in [0.2, 0.25) is 0 Å². The van der Waals surface area contributed by atoms with Crippen LogP contribution in [0.5, 0.6) is 0 Å². The van der Waals surface area contributed by atoms with E-state index in [9.17, 15) is 14.9 Å². The van der Waals surface area contributed by atoms with Crippen LogP contribution >= 0.6 is 11.6 Å². The Bertz CT molecular complexity index is 597. The SMILES string of the molecule is N#CC1CCCC1NC(=O)c1cccc([N+](=O)[O-])c1Cl. The number of hydrogen-bond acceptors (Lipinski definition) is 4. The molecule has 0 aromatic heterocycles. The second kappa shape index (κ2) is 5.88. The van der Waals surface area contributed by atoms with Gasteiger partial charge in [-0.05, 0) is 25.3 Å². The molecule has 0 saturated heterocycles. The summed E-state index contributed by atoms with van der Waals surface area (Å²) in [6.07, 6.45) is 2.37.